The van der Waals surface area contributed by atoms with Crippen molar-refractivity contribution in [3.63, 3.8) is 0 Å². The number of carboxylic acid groups (broad SMARTS) is 1. The second-order valence-electron chi connectivity index (χ2n) is 3.34. The molecule has 0 aliphatic rings. The van der Waals surface area contributed by atoms with Gasteiger partial charge >= 0.3 is 5.97 Å². The molecular weight excluding hydrogens is 265 g/mol. The molecule has 3 nitrogen and oxygen atoms in total. The van der Waals surface area contributed by atoms with Crippen LogP contribution in [-0.2, 0) is 11.2 Å². The molecule has 0 atom stereocenters. The van der Waals surface area contributed by atoms with Gasteiger partial charge in [-0.25, -0.2) is 9.37 Å². The lowest BCUT2D eigenvalue weighted by molar-refractivity contribution is -0.136. The smallest absolute Gasteiger partial charge is 0.309 e. The van der Waals surface area contributed by atoms with Crippen LogP contribution in [0, 0.1) is 5.82 Å². The summed E-state index contributed by atoms with van der Waals surface area (Å²) >= 11 is 6.85. The number of carboxylic acids is 1. The van der Waals surface area contributed by atoms with E-state index < -0.39 is 11.8 Å². The molecule has 0 amide bonds. The first kappa shape index (κ1) is 12.0. The highest BCUT2D eigenvalue weighted by Crippen LogP contribution is 2.28. The van der Waals surface area contributed by atoms with Crippen LogP contribution in [0.5, 0.6) is 0 Å². The summed E-state index contributed by atoms with van der Waals surface area (Å²) < 4.78 is 13.6. The highest BCUT2D eigenvalue weighted by molar-refractivity contribution is 7.13. The Bertz CT molecular complexity index is 570. The van der Waals surface area contributed by atoms with E-state index in [0.29, 0.717) is 21.3 Å². The Kier molecular flexibility index (Phi) is 3.40. The predicted octanol–water partition coefficient (Wildman–Crippen LogP) is 3.23. The van der Waals surface area contributed by atoms with Crippen LogP contribution in [0.15, 0.2) is 23.6 Å². The molecule has 17 heavy (non-hydrogen) atoms. The Labute approximate surface area is 106 Å². The van der Waals surface area contributed by atoms with E-state index >= 15 is 0 Å². The van der Waals surface area contributed by atoms with Gasteiger partial charge in [-0.2, -0.15) is 0 Å². The number of hydrogen-bond donors (Lipinski definition) is 1. The Morgan fingerprint density at radius 3 is 2.94 bits per heavy atom. The fourth-order valence-corrected chi connectivity index (χ4v) is 2.33. The minimum Gasteiger partial charge on any atom is -0.481 e. The Hall–Kier alpha value is -1.46. The third-order valence-electron chi connectivity index (χ3n) is 2.05. The third kappa shape index (κ3) is 2.81. The van der Waals surface area contributed by atoms with Gasteiger partial charge in [0.15, 0.2) is 0 Å². The number of rotatable bonds is 3. The number of carbonyl (C=O) groups is 1. The van der Waals surface area contributed by atoms with Gasteiger partial charge in [-0.3, -0.25) is 4.79 Å². The van der Waals surface area contributed by atoms with Crippen LogP contribution in [0.2, 0.25) is 5.02 Å². The number of nitrogens with zero attached hydrogens (tertiary/aromatic N) is 1. The molecule has 0 saturated heterocycles. The summed E-state index contributed by atoms with van der Waals surface area (Å²) in [7, 11) is 0. The van der Waals surface area contributed by atoms with E-state index in [4.69, 9.17) is 16.7 Å². The molecule has 0 spiro atoms. The topological polar surface area (TPSA) is 50.2 Å². The fourth-order valence-electron chi connectivity index (χ4n) is 1.33. The molecular formula is C11H7ClFNO2S. The van der Waals surface area contributed by atoms with Gasteiger partial charge in [-0.15, -0.1) is 11.3 Å². The summed E-state index contributed by atoms with van der Waals surface area (Å²) in [5, 5.41) is 11.0. The average Bonchev–Trinajstić information content (AvgIpc) is 2.65. The first-order valence-electron chi connectivity index (χ1n) is 4.68. The van der Waals surface area contributed by atoms with Crippen LogP contribution >= 0.6 is 22.9 Å². The van der Waals surface area contributed by atoms with Gasteiger partial charge in [0.05, 0.1) is 12.1 Å². The predicted molar refractivity (Wildman–Crippen MR) is 63.9 cm³/mol. The van der Waals surface area contributed by atoms with Crippen molar-refractivity contribution in [3.8, 4) is 10.6 Å². The SMILES string of the molecule is O=C(O)Cc1csc(-c2ccc(Cl)cc2F)n1. The van der Waals surface area contributed by atoms with Gasteiger partial charge in [0, 0.05) is 16.0 Å². The first-order valence-corrected chi connectivity index (χ1v) is 5.93. The molecule has 88 valence electrons. The molecule has 2 rings (SSSR count). The van der Waals surface area contributed by atoms with Crippen LogP contribution in [0.25, 0.3) is 10.6 Å². The summed E-state index contributed by atoms with van der Waals surface area (Å²) in [6.45, 7) is 0. The van der Waals surface area contributed by atoms with E-state index in [9.17, 15) is 9.18 Å². The lowest BCUT2D eigenvalue weighted by atomic mass is 10.2. The lowest BCUT2D eigenvalue weighted by Crippen LogP contribution is -1.99. The van der Waals surface area contributed by atoms with Gasteiger partial charge in [-0.05, 0) is 18.2 Å². The number of benzene rings is 1. The van der Waals surface area contributed by atoms with Crippen molar-refractivity contribution in [2.45, 2.75) is 6.42 Å². The minimum atomic E-state index is -0.960. The first-order chi connectivity index (χ1) is 8.06. The molecule has 0 radical (unpaired) electrons. The van der Waals surface area contributed by atoms with Crippen molar-refractivity contribution in [3.05, 3.63) is 40.1 Å². The zero-order chi connectivity index (χ0) is 12.4. The van der Waals surface area contributed by atoms with Crippen LogP contribution in [0.1, 0.15) is 5.69 Å². The molecule has 1 heterocycles. The van der Waals surface area contributed by atoms with Crippen LogP contribution in [0.3, 0.4) is 0 Å². The number of hydrogen-bond acceptors (Lipinski definition) is 3. The van der Waals surface area contributed by atoms with E-state index in [0.717, 1.165) is 0 Å². The number of aliphatic carboxylic acids is 1. The maximum absolute atomic E-state index is 13.6. The lowest BCUT2D eigenvalue weighted by Gasteiger charge is -1.98. The Balaban J connectivity index is 2.33. The summed E-state index contributed by atoms with van der Waals surface area (Å²) in [6, 6.07) is 4.30. The van der Waals surface area contributed by atoms with E-state index in [1.165, 1.54) is 23.5 Å². The molecule has 0 saturated carbocycles. The maximum Gasteiger partial charge on any atom is 0.309 e. The van der Waals surface area contributed by atoms with Crippen molar-refractivity contribution in [2.24, 2.45) is 0 Å². The largest absolute Gasteiger partial charge is 0.481 e. The summed E-state index contributed by atoms with van der Waals surface area (Å²) in [4.78, 5) is 14.6. The highest BCUT2D eigenvalue weighted by atomic mass is 35.5. The fraction of sp³-hybridized carbons (Fsp3) is 0.0909. The Morgan fingerprint density at radius 1 is 1.53 bits per heavy atom. The zero-order valence-corrected chi connectivity index (χ0v) is 10.1. The molecule has 1 N–H and O–H groups in total. The summed E-state index contributed by atoms with van der Waals surface area (Å²) in [5.74, 6) is -1.42. The van der Waals surface area contributed by atoms with Crippen molar-refractivity contribution in [1.29, 1.82) is 0 Å². The van der Waals surface area contributed by atoms with Crippen LogP contribution in [0.4, 0.5) is 4.39 Å². The van der Waals surface area contributed by atoms with Crippen LogP contribution < -0.4 is 0 Å². The number of aromatic nitrogens is 1. The number of thiazole rings is 1. The average molecular weight is 272 g/mol. The van der Waals surface area contributed by atoms with Gasteiger partial charge in [0.25, 0.3) is 0 Å². The molecule has 6 heteroatoms. The second-order valence-corrected chi connectivity index (χ2v) is 4.63. The Morgan fingerprint density at radius 2 is 2.29 bits per heavy atom. The van der Waals surface area contributed by atoms with Crippen molar-refractivity contribution in [1.82, 2.24) is 4.98 Å². The second kappa shape index (κ2) is 4.81. The summed E-state index contributed by atoms with van der Waals surface area (Å²) in [6.07, 6.45) is -0.161. The molecule has 0 bridgehead atoms. The maximum atomic E-state index is 13.6. The van der Waals surface area contributed by atoms with Gasteiger partial charge in [0.2, 0.25) is 0 Å². The zero-order valence-electron chi connectivity index (χ0n) is 8.48. The standard InChI is InChI=1S/C11H7ClFNO2S/c12-6-1-2-8(9(13)3-6)11-14-7(5-17-11)4-10(15)16/h1-3,5H,4H2,(H,15,16). The quantitative estimate of drug-likeness (QED) is 0.932. The molecule has 0 fully saturated rings. The highest BCUT2D eigenvalue weighted by Gasteiger charge is 2.11. The molecule has 2 aromatic rings. The van der Waals surface area contributed by atoms with Crippen molar-refractivity contribution in [2.75, 3.05) is 0 Å². The van der Waals surface area contributed by atoms with Gasteiger partial charge < -0.3 is 5.11 Å². The van der Waals surface area contributed by atoms with Crippen molar-refractivity contribution >= 4 is 28.9 Å². The third-order valence-corrected chi connectivity index (χ3v) is 3.21. The molecule has 0 unspecified atom stereocenters. The monoisotopic (exact) mass is 271 g/mol. The van der Waals surface area contributed by atoms with E-state index in [-0.39, 0.29) is 6.42 Å². The molecule has 0 aliphatic heterocycles. The molecule has 1 aromatic heterocycles. The normalized spacial score (nSPS) is 10.5. The van der Waals surface area contributed by atoms with E-state index in [2.05, 4.69) is 4.98 Å². The van der Waals surface area contributed by atoms with E-state index in [1.807, 2.05) is 0 Å². The molecule has 0 aliphatic carbocycles. The minimum absolute atomic E-state index is 0.161. The molecule has 1 aromatic carbocycles. The van der Waals surface area contributed by atoms with Crippen LogP contribution in [-0.4, -0.2) is 16.1 Å². The van der Waals surface area contributed by atoms with Crippen molar-refractivity contribution < 1.29 is 14.3 Å². The summed E-state index contributed by atoms with van der Waals surface area (Å²) in [5.41, 5.74) is 0.753. The number of halogens is 2. The van der Waals surface area contributed by atoms with Gasteiger partial charge in [-0.1, -0.05) is 11.6 Å². The van der Waals surface area contributed by atoms with Gasteiger partial charge in [0.1, 0.15) is 10.8 Å². The van der Waals surface area contributed by atoms with E-state index in [1.54, 1.807) is 11.4 Å².